The van der Waals surface area contributed by atoms with Crippen LogP contribution in [0.2, 0.25) is 10.0 Å². The highest BCUT2D eigenvalue weighted by atomic mass is 35.5. The van der Waals surface area contributed by atoms with Crippen LogP contribution in [0, 0.1) is 0 Å². The van der Waals surface area contributed by atoms with Gasteiger partial charge < -0.3 is 11.1 Å². The zero-order chi connectivity index (χ0) is 27.7. The molecule has 0 atom stereocenters. The Bertz CT molecular complexity index is 1680. The zero-order valence-electron chi connectivity index (χ0n) is 20.5. The summed E-state index contributed by atoms with van der Waals surface area (Å²) in [5, 5.41) is 7.67. The van der Waals surface area contributed by atoms with Crippen LogP contribution in [-0.4, -0.2) is 47.4 Å². The van der Waals surface area contributed by atoms with Gasteiger partial charge in [0.05, 0.1) is 12.2 Å². The van der Waals surface area contributed by atoms with Gasteiger partial charge in [0, 0.05) is 39.0 Å². The smallest absolute Gasteiger partial charge is 0.261 e. The van der Waals surface area contributed by atoms with Crippen LogP contribution in [0.3, 0.4) is 0 Å². The summed E-state index contributed by atoms with van der Waals surface area (Å²) >= 11 is 12.7. The van der Waals surface area contributed by atoms with Crippen LogP contribution in [0.4, 0.5) is 0 Å². The molecule has 1 fully saturated rings. The van der Waals surface area contributed by atoms with Crippen LogP contribution in [0.25, 0.3) is 28.0 Å². The zero-order valence-corrected chi connectivity index (χ0v) is 22.9. The van der Waals surface area contributed by atoms with E-state index in [4.69, 9.17) is 28.9 Å². The van der Waals surface area contributed by atoms with Crippen molar-refractivity contribution in [2.24, 2.45) is 5.73 Å². The molecular formula is C26H24Cl2N6O4S. The van der Waals surface area contributed by atoms with Gasteiger partial charge in [0.1, 0.15) is 5.56 Å². The molecule has 2 amide bonds. The molecule has 0 radical (unpaired) electrons. The molecule has 0 saturated heterocycles. The molecule has 1 saturated carbocycles. The van der Waals surface area contributed by atoms with E-state index in [0.717, 1.165) is 25.7 Å². The number of fused-ring (bicyclic) bond motifs is 1. The highest BCUT2D eigenvalue weighted by molar-refractivity contribution is 7.89. The lowest BCUT2D eigenvalue weighted by Gasteiger charge is -2.14. The van der Waals surface area contributed by atoms with Crippen molar-refractivity contribution in [1.82, 2.24) is 24.6 Å². The quantitative estimate of drug-likeness (QED) is 0.286. The molecular weight excluding hydrogens is 563 g/mol. The number of amides is 2. The summed E-state index contributed by atoms with van der Waals surface area (Å²) in [6.07, 6.45) is 5.03. The molecule has 13 heteroatoms. The minimum atomic E-state index is -4.45. The van der Waals surface area contributed by atoms with E-state index in [2.05, 4.69) is 20.1 Å². The van der Waals surface area contributed by atoms with E-state index in [0.29, 0.717) is 32.4 Å². The Kier molecular flexibility index (Phi) is 7.59. The summed E-state index contributed by atoms with van der Waals surface area (Å²) in [6.45, 7) is -0.664. The van der Waals surface area contributed by atoms with Crippen LogP contribution in [0.15, 0.2) is 59.8 Å². The van der Waals surface area contributed by atoms with Crippen LogP contribution in [0.1, 0.15) is 36.0 Å². The number of carbonyl (C=O) groups is 2. The molecule has 1 aliphatic carbocycles. The number of benzene rings is 2. The Morgan fingerprint density at radius 1 is 1.03 bits per heavy atom. The van der Waals surface area contributed by atoms with E-state index in [1.807, 2.05) is 6.07 Å². The van der Waals surface area contributed by atoms with Crippen molar-refractivity contribution < 1.29 is 18.0 Å². The molecule has 0 spiro atoms. The lowest BCUT2D eigenvalue weighted by atomic mass is 10.0. The molecule has 5 rings (SSSR count). The maximum Gasteiger partial charge on any atom is 0.261 e. The predicted octanol–water partition coefficient (Wildman–Crippen LogP) is 3.81. The van der Waals surface area contributed by atoms with Crippen molar-refractivity contribution in [2.75, 3.05) is 6.54 Å². The van der Waals surface area contributed by atoms with Crippen LogP contribution >= 0.6 is 23.2 Å². The van der Waals surface area contributed by atoms with E-state index < -0.39 is 33.4 Å². The maximum absolute atomic E-state index is 13.6. The van der Waals surface area contributed by atoms with Gasteiger partial charge in [-0.15, -0.1) is 0 Å². The fourth-order valence-corrected chi connectivity index (χ4v) is 6.15. The largest absolute Gasteiger partial charge is 0.369 e. The van der Waals surface area contributed by atoms with Crippen molar-refractivity contribution >= 4 is 50.7 Å². The second kappa shape index (κ2) is 10.9. The summed E-state index contributed by atoms with van der Waals surface area (Å²) in [5.74, 6) is -1.52. The molecule has 2 aromatic carbocycles. The van der Waals surface area contributed by atoms with E-state index in [1.165, 1.54) is 10.7 Å². The number of sulfonamides is 1. The lowest BCUT2D eigenvalue weighted by molar-refractivity contribution is -0.116. The monoisotopic (exact) mass is 586 g/mol. The minimum absolute atomic E-state index is 0.0192. The number of nitrogens with one attached hydrogen (secondary N) is 2. The van der Waals surface area contributed by atoms with Crippen LogP contribution in [0.5, 0.6) is 0 Å². The van der Waals surface area contributed by atoms with Crippen molar-refractivity contribution in [3.63, 3.8) is 0 Å². The number of nitrogens with zero attached hydrogens (tertiary/aromatic N) is 3. The van der Waals surface area contributed by atoms with Gasteiger partial charge in [-0.25, -0.2) is 22.6 Å². The Labute approximate surface area is 234 Å². The van der Waals surface area contributed by atoms with Gasteiger partial charge in [0.2, 0.25) is 10.9 Å². The predicted molar refractivity (Wildman–Crippen MR) is 148 cm³/mol. The number of aromatic nitrogens is 3. The number of hydrogen-bond donors (Lipinski definition) is 3. The standard InChI is InChI=1S/C26H24Cl2N6O4S/c27-16-11-9-15(10-12-16)23-19(18-7-3-4-8-20(18)28)13-30-24-22(25(36)32-17-5-1-2-6-17)26(33-34(23)24)39(37,38)31-14-21(29)35/h3-4,7-13,17,31H,1-2,5-6,14H2,(H2,29,35)(H,32,36). The Morgan fingerprint density at radius 3 is 2.38 bits per heavy atom. The number of nitrogens with two attached hydrogens (primary N) is 1. The van der Waals surface area contributed by atoms with Crippen molar-refractivity contribution in [2.45, 2.75) is 36.8 Å². The third-order valence-electron chi connectivity index (χ3n) is 6.50. The van der Waals surface area contributed by atoms with Gasteiger partial charge >= 0.3 is 0 Å². The molecule has 2 heterocycles. The molecule has 0 aliphatic heterocycles. The molecule has 0 unspecified atom stereocenters. The van der Waals surface area contributed by atoms with Gasteiger partial charge in [-0.3, -0.25) is 9.59 Å². The van der Waals surface area contributed by atoms with E-state index in [1.54, 1.807) is 42.5 Å². The molecule has 2 aromatic heterocycles. The summed E-state index contributed by atoms with van der Waals surface area (Å²) in [5.41, 5.74) is 7.19. The van der Waals surface area contributed by atoms with Gasteiger partial charge in [-0.05, 0) is 31.0 Å². The molecule has 1 aliphatic rings. The first-order valence-electron chi connectivity index (χ1n) is 12.2. The number of primary amides is 1. The topological polar surface area (TPSA) is 149 Å². The minimum Gasteiger partial charge on any atom is -0.369 e. The molecule has 202 valence electrons. The fourth-order valence-electron chi connectivity index (χ4n) is 4.68. The number of halogens is 2. The van der Waals surface area contributed by atoms with Crippen molar-refractivity contribution in [3.8, 4) is 22.4 Å². The Morgan fingerprint density at radius 2 is 1.72 bits per heavy atom. The lowest BCUT2D eigenvalue weighted by Crippen LogP contribution is -2.36. The summed E-state index contributed by atoms with van der Waals surface area (Å²) < 4.78 is 30.1. The highest BCUT2D eigenvalue weighted by Crippen LogP contribution is 2.37. The van der Waals surface area contributed by atoms with Gasteiger partial charge in [-0.1, -0.05) is 66.4 Å². The van der Waals surface area contributed by atoms with Crippen LogP contribution < -0.4 is 15.8 Å². The van der Waals surface area contributed by atoms with Crippen LogP contribution in [-0.2, 0) is 14.8 Å². The van der Waals surface area contributed by atoms with Gasteiger partial charge in [0.15, 0.2) is 5.65 Å². The normalized spacial score (nSPS) is 14.1. The number of hydrogen-bond acceptors (Lipinski definition) is 6. The summed E-state index contributed by atoms with van der Waals surface area (Å²) in [7, 11) is -4.45. The molecule has 10 nitrogen and oxygen atoms in total. The van der Waals surface area contributed by atoms with Crippen molar-refractivity contribution in [3.05, 3.63) is 70.3 Å². The molecule has 4 N–H and O–H groups in total. The van der Waals surface area contributed by atoms with E-state index in [9.17, 15) is 18.0 Å². The first-order chi connectivity index (χ1) is 18.7. The second-order valence-electron chi connectivity index (χ2n) is 9.17. The van der Waals surface area contributed by atoms with Gasteiger partial charge in [0.25, 0.3) is 15.9 Å². The van der Waals surface area contributed by atoms with E-state index >= 15 is 0 Å². The molecule has 39 heavy (non-hydrogen) atoms. The average molecular weight is 587 g/mol. The Balaban J connectivity index is 1.80. The second-order valence-corrected chi connectivity index (χ2v) is 11.7. The Hall–Kier alpha value is -3.51. The third kappa shape index (κ3) is 5.48. The summed E-state index contributed by atoms with van der Waals surface area (Å²) in [4.78, 5) is 29.4. The van der Waals surface area contributed by atoms with Gasteiger partial charge in [-0.2, -0.15) is 5.10 Å². The van der Waals surface area contributed by atoms with Crippen molar-refractivity contribution in [1.29, 1.82) is 0 Å². The molecule has 0 bridgehead atoms. The third-order valence-corrected chi connectivity index (χ3v) is 8.40. The maximum atomic E-state index is 13.6. The first-order valence-corrected chi connectivity index (χ1v) is 14.4. The fraction of sp³-hybridized carbons (Fsp3) is 0.231. The number of rotatable bonds is 8. The number of carbonyl (C=O) groups excluding carboxylic acids is 2. The van der Waals surface area contributed by atoms with E-state index in [-0.39, 0.29) is 17.3 Å². The SMILES string of the molecule is NC(=O)CNS(=O)(=O)c1nn2c(-c3ccc(Cl)cc3)c(-c3ccccc3Cl)cnc2c1C(=O)NC1CCCC1. The first kappa shape index (κ1) is 27.1. The molecule has 4 aromatic rings. The summed E-state index contributed by atoms with van der Waals surface area (Å²) in [6, 6.07) is 13.9. The average Bonchev–Trinajstić information content (AvgIpc) is 3.56. The highest BCUT2D eigenvalue weighted by Gasteiger charge is 2.33.